The number of benzene rings is 2. The number of aromatic nitrogens is 2. The summed E-state index contributed by atoms with van der Waals surface area (Å²) in [5.41, 5.74) is 5.34. The van der Waals surface area contributed by atoms with Gasteiger partial charge in [-0.15, -0.1) is 0 Å². The zero-order chi connectivity index (χ0) is 24.7. The number of nitrogens with zero attached hydrogens (tertiary/aromatic N) is 2. The lowest BCUT2D eigenvalue weighted by Crippen LogP contribution is -2.15. The summed E-state index contributed by atoms with van der Waals surface area (Å²) in [6.45, 7) is 3.95. The Morgan fingerprint density at radius 3 is 2.46 bits per heavy atom. The molecule has 1 aliphatic carbocycles. The van der Waals surface area contributed by atoms with Gasteiger partial charge in [-0.05, 0) is 61.1 Å². The molecule has 178 valence electrons. The van der Waals surface area contributed by atoms with Gasteiger partial charge in [0.15, 0.2) is 5.69 Å². The Labute approximate surface area is 202 Å². The van der Waals surface area contributed by atoms with Crippen molar-refractivity contribution in [3.63, 3.8) is 0 Å². The third-order valence-corrected chi connectivity index (χ3v) is 6.43. The van der Waals surface area contributed by atoms with E-state index in [1.54, 1.807) is 59.9 Å². The average Bonchev–Trinajstić information content (AvgIpc) is 3.63. The van der Waals surface area contributed by atoms with Gasteiger partial charge in [-0.2, -0.15) is 0 Å². The number of hydrogen-bond acceptors (Lipinski definition) is 5. The molecule has 7 heteroatoms. The lowest BCUT2D eigenvalue weighted by Gasteiger charge is -2.17. The number of esters is 1. The fourth-order valence-corrected chi connectivity index (χ4v) is 4.50. The molecule has 5 rings (SSSR count). The molecule has 7 nitrogen and oxygen atoms in total. The van der Waals surface area contributed by atoms with Crippen LogP contribution in [0.2, 0.25) is 0 Å². The highest BCUT2D eigenvalue weighted by atomic mass is 16.5. The van der Waals surface area contributed by atoms with Crippen molar-refractivity contribution < 1.29 is 24.5 Å². The van der Waals surface area contributed by atoms with E-state index in [4.69, 9.17) is 9.72 Å². The van der Waals surface area contributed by atoms with E-state index in [2.05, 4.69) is 0 Å². The van der Waals surface area contributed by atoms with Crippen LogP contribution in [0.25, 0.3) is 16.8 Å². The van der Waals surface area contributed by atoms with Crippen LogP contribution in [0.3, 0.4) is 0 Å². The van der Waals surface area contributed by atoms with Crippen LogP contribution >= 0.6 is 0 Å². The fourth-order valence-electron chi connectivity index (χ4n) is 4.50. The van der Waals surface area contributed by atoms with Crippen LogP contribution in [0, 0.1) is 6.92 Å². The van der Waals surface area contributed by atoms with Crippen LogP contribution < -0.4 is 0 Å². The summed E-state index contributed by atoms with van der Waals surface area (Å²) in [5.74, 6) is -1.21. The second-order valence-electron chi connectivity index (χ2n) is 8.82. The Balaban J connectivity index is 1.59. The Morgan fingerprint density at radius 1 is 1.09 bits per heavy atom. The molecule has 1 atom stereocenters. The molecular weight excluding hydrogens is 444 g/mol. The van der Waals surface area contributed by atoms with E-state index in [0.29, 0.717) is 28.2 Å². The van der Waals surface area contributed by atoms with Crippen molar-refractivity contribution in [1.82, 2.24) is 9.38 Å². The van der Waals surface area contributed by atoms with E-state index in [0.717, 1.165) is 29.7 Å². The number of carbonyl (C=O) groups is 2. The van der Waals surface area contributed by atoms with Crippen LogP contribution in [0.4, 0.5) is 0 Å². The third-order valence-electron chi connectivity index (χ3n) is 6.43. The molecule has 2 aromatic heterocycles. The number of fused-ring (bicyclic) bond motifs is 1. The third kappa shape index (κ3) is 4.08. The van der Waals surface area contributed by atoms with Crippen LogP contribution in [0.15, 0.2) is 60.7 Å². The first-order chi connectivity index (χ1) is 16.9. The Hall–Kier alpha value is -3.97. The standard InChI is InChI=1S/C28H26N2O5/c1-3-35-28(34)24-23(18-11-12-18)29-26-16(2)8-15-22(30(24)26)25(31)19-13-9-17(10-14-19)20-6-4-5-7-21(20)27(32)33/h4-10,13-15,18,25,31H,3,11-12H2,1-2H3,(H,32,33)/t25-/m1/s1. The smallest absolute Gasteiger partial charge is 0.357 e. The van der Waals surface area contributed by atoms with Crippen LogP contribution in [0.5, 0.6) is 0 Å². The van der Waals surface area contributed by atoms with Gasteiger partial charge in [0, 0.05) is 5.92 Å². The number of ether oxygens (including phenoxy) is 1. The Kier molecular flexibility index (Phi) is 5.86. The first kappa shape index (κ1) is 22.8. The highest BCUT2D eigenvalue weighted by Gasteiger charge is 2.35. The minimum Gasteiger partial charge on any atom is -0.478 e. The molecule has 0 amide bonds. The van der Waals surface area contributed by atoms with Gasteiger partial charge in [-0.25, -0.2) is 14.6 Å². The molecule has 0 saturated heterocycles. The minimum absolute atomic E-state index is 0.214. The van der Waals surface area contributed by atoms with E-state index in [1.807, 2.05) is 19.1 Å². The maximum atomic E-state index is 13.0. The van der Waals surface area contributed by atoms with Gasteiger partial charge < -0.3 is 14.9 Å². The molecule has 0 bridgehead atoms. The number of rotatable bonds is 7. The number of carboxylic acid groups (broad SMARTS) is 1. The normalized spacial score (nSPS) is 14.1. The topological polar surface area (TPSA) is 101 Å². The van der Waals surface area contributed by atoms with Gasteiger partial charge in [-0.1, -0.05) is 48.5 Å². The van der Waals surface area contributed by atoms with E-state index >= 15 is 0 Å². The number of hydrogen-bond donors (Lipinski definition) is 2. The summed E-state index contributed by atoms with van der Waals surface area (Å²) < 4.78 is 7.09. The maximum Gasteiger partial charge on any atom is 0.357 e. The average molecular weight is 471 g/mol. The monoisotopic (exact) mass is 470 g/mol. The van der Waals surface area contributed by atoms with Crippen molar-refractivity contribution in [3.05, 3.63) is 94.4 Å². The van der Waals surface area contributed by atoms with Gasteiger partial charge in [0.05, 0.1) is 23.6 Å². The minimum atomic E-state index is -1.03. The molecule has 0 spiro atoms. The number of imidazole rings is 1. The van der Waals surface area contributed by atoms with Crippen molar-refractivity contribution in [1.29, 1.82) is 0 Å². The van der Waals surface area contributed by atoms with E-state index in [1.165, 1.54) is 0 Å². The zero-order valence-corrected chi connectivity index (χ0v) is 19.6. The molecule has 2 aromatic carbocycles. The summed E-state index contributed by atoms with van der Waals surface area (Å²) in [6.07, 6.45) is 0.926. The highest BCUT2D eigenvalue weighted by Crippen LogP contribution is 2.42. The molecule has 0 aliphatic heterocycles. The SMILES string of the molecule is CCOC(=O)c1c(C2CC2)nc2c(C)ccc([C@H](O)c3ccc(-c4ccccc4C(=O)O)cc3)n12. The number of aliphatic hydroxyl groups is 1. The Morgan fingerprint density at radius 2 is 1.80 bits per heavy atom. The number of pyridine rings is 1. The van der Waals surface area contributed by atoms with Crippen molar-refractivity contribution >= 4 is 17.6 Å². The lowest BCUT2D eigenvalue weighted by molar-refractivity contribution is 0.0515. The predicted molar refractivity (Wildman–Crippen MR) is 131 cm³/mol. The zero-order valence-electron chi connectivity index (χ0n) is 19.6. The number of aliphatic hydroxyl groups excluding tert-OH is 1. The Bertz CT molecular complexity index is 1430. The summed E-state index contributed by atoms with van der Waals surface area (Å²) in [4.78, 5) is 29.4. The number of aromatic carboxylic acids is 1. The van der Waals surface area contributed by atoms with Gasteiger partial charge in [0.1, 0.15) is 11.8 Å². The van der Waals surface area contributed by atoms with Crippen molar-refractivity contribution in [3.8, 4) is 11.1 Å². The fraction of sp³-hybridized carbons (Fsp3) is 0.250. The summed E-state index contributed by atoms with van der Waals surface area (Å²) in [5, 5.41) is 20.9. The van der Waals surface area contributed by atoms with E-state index in [-0.39, 0.29) is 18.1 Å². The molecule has 1 fully saturated rings. The number of carboxylic acids is 1. The number of carbonyl (C=O) groups excluding carboxylic acids is 1. The summed E-state index contributed by atoms with van der Waals surface area (Å²) >= 11 is 0. The molecule has 1 aliphatic rings. The van der Waals surface area contributed by atoms with E-state index in [9.17, 15) is 19.8 Å². The van der Waals surface area contributed by atoms with Crippen LogP contribution in [-0.4, -0.2) is 38.1 Å². The van der Waals surface area contributed by atoms with Gasteiger partial charge in [0.2, 0.25) is 0 Å². The van der Waals surface area contributed by atoms with Crippen LogP contribution in [-0.2, 0) is 4.74 Å². The van der Waals surface area contributed by atoms with Gasteiger partial charge >= 0.3 is 11.9 Å². The molecule has 1 saturated carbocycles. The van der Waals surface area contributed by atoms with E-state index < -0.39 is 18.0 Å². The van der Waals surface area contributed by atoms with Gasteiger partial charge in [-0.3, -0.25) is 4.40 Å². The van der Waals surface area contributed by atoms with Crippen molar-refractivity contribution in [2.75, 3.05) is 6.61 Å². The molecule has 2 N–H and O–H groups in total. The highest BCUT2D eigenvalue weighted by molar-refractivity contribution is 5.96. The maximum absolute atomic E-state index is 13.0. The first-order valence-electron chi connectivity index (χ1n) is 11.7. The lowest BCUT2D eigenvalue weighted by atomic mass is 9.97. The summed E-state index contributed by atoms with van der Waals surface area (Å²) in [6, 6.07) is 17.6. The first-order valence-corrected chi connectivity index (χ1v) is 11.7. The molecule has 4 aromatic rings. The quantitative estimate of drug-likeness (QED) is 0.363. The largest absolute Gasteiger partial charge is 0.478 e. The molecule has 0 unspecified atom stereocenters. The second kappa shape index (κ2) is 9.00. The molecule has 35 heavy (non-hydrogen) atoms. The summed E-state index contributed by atoms with van der Waals surface area (Å²) in [7, 11) is 0. The van der Waals surface area contributed by atoms with Crippen molar-refractivity contribution in [2.45, 2.75) is 38.7 Å². The van der Waals surface area contributed by atoms with Gasteiger partial charge in [0.25, 0.3) is 0 Å². The molecule has 2 heterocycles. The van der Waals surface area contributed by atoms with Crippen LogP contribution in [0.1, 0.15) is 75.1 Å². The van der Waals surface area contributed by atoms with Crippen molar-refractivity contribution in [2.24, 2.45) is 0 Å². The second-order valence-corrected chi connectivity index (χ2v) is 8.82. The molecule has 0 radical (unpaired) electrons. The number of aryl methyl sites for hydroxylation is 1. The molecular formula is C28H26N2O5. The predicted octanol–water partition coefficient (Wildman–Crippen LogP) is 5.14.